The van der Waals surface area contributed by atoms with Gasteiger partial charge in [0, 0.05) is 16.6 Å². The van der Waals surface area contributed by atoms with Crippen LogP contribution in [0.4, 0.5) is 0 Å². The van der Waals surface area contributed by atoms with Crippen LogP contribution in [0.2, 0.25) is 0 Å². The first kappa shape index (κ1) is 17.9. The second kappa shape index (κ2) is 7.42. The summed E-state index contributed by atoms with van der Waals surface area (Å²) in [6.45, 7) is 3.76. The van der Waals surface area contributed by atoms with Crippen LogP contribution < -0.4 is 5.32 Å². The van der Waals surface area contributed by atoms with Gasteiger partial charge in [0.05, 0.1) is 6.54 Å². The smallest absolute Gasteiger partial charge is 0.166 e. The highest BCUT2D eigenvalue weighted by Gasteiger charge is 2.32. The van der Waals surface area contributed by atoms with E-state index in [4.69, 9.17) is 0 Å². The number of benzene rings is 1. The Morgan fingerprint density at radius 3 is 2.30 bits per heavy atom. The van der Waals surface area contributed by atoms with Crippen LogP contribution in [0.25, 0.3) is 10.9 Å². The lowest BCUT2D eigenvalue weighted by atomic mass is 10.0. The van der Waals surface area contributed by atoms with Crippen LogP contribution in [-0.2, 0) is 6.54 Å². The minimum absolute atomic E-state index is 0.284. The van der Waals surface area contributed by atoms with Gasteiger partial charge in [-0.3, -0.25) is 0 Å². The van der Waals surface area contributed by atoms with Gasteiger partial charge in [-0.2, -0.15) is 0 Å². The predicted octanol–water partition coefficient (Wildman–Crippen LogP) is -1.10. The van der Waals surface area contributed by atoms with Crippen LogP contribution in [0.5, 0.6) is 0 Å². The number of aryl methyl sites for hydroxylation is 1. The average molecular weight is 323 g/mol. The number of quaternary nitrogens is 1. The quantitative estimate of drug-likeness (QED) is 0.425. The van der Waals surface area contributed by atoms with Gasteiger partial charge in [-0.1, -0.05) is 18.2 Å². The highest BCUT2D eigenvalue weighted by Crippen LogP contribution is 2.24. The fourth-order valence-corrected chi connectivity index (χ4v) is 2.85. The molecule has 2 rings (SSSR count). The summed E-state index contributed by atoms with van der Waals surface area (Å²) in [5.74, 6) is 0. The second-order valence-corrected chi connectivity index (χ2v) is 6.27. The Morgan fingerprint density at radius 2 is 1.70 bits per heavy atom. The largest absolute Gasteiger partial charge is 0.390 e. The third-order valence-corrected chi connectivity index (χ3v) is 4.71. The highest BCUT2D eigenvalue weighted by molar-refractivity contribution is 5.85. The highest BCUT2D eigenvalue weighted by atomic mass is 16.3. The monoisotopic (exact) mass is 323 g/mol. The summed E-state index contributed by atoms with van der Waals surface area (Å²) in [6.07, 6.45) is -0.659. The average Bonchev–Trinajstić information content (AvgIpc) is 2.82. The van der Waals surface area contributed by atoms with E-state index in [-0.39, 0.29) is 26.4 Å². The Labute approximate surface area is 136 Å². The Morgan fingerprint density at radius 1 is 1.09 bits per heavy atom. The normalized spacial score (nSPS) is 13.7. The molecule has 1 atom stereocenters. The molecule has 1 aromatic heterocycles. The molecule has 0 aliphatic carbocycles. The fraction of sp³-hybridized carbons (Fsp3) is 0.529. The minimum Gasteiger partial charge on any atom is -0.390 e. The fourth-order valence-electron chi connectivity index (χ4n) is 2.85. The lowest BCUT2D eigenvalue weighted by Crippen LogP contribution is -3.01. The number of nitrogens with two attached hydrogens (primary N) is 1. The lowest BCUT2D eigenvalue weighted by Gasteiger charge is -2.26. The van der Waals surface area contributed by atoms with Gasteiger partial charge in [0.25, 0.3) is 0 Å². The third kappa shape index (κ3) is 3.57. The first-order chi connectivity index (χ1) is 11.0. The second-order valence-electron chi connectivity index (χ2n) is 6.27. The van der Waals surface area contributed by atoms with Crippen molar-refractivity contribution in [2.24, 2.45) is 0 Å². The van der Waals surface area contributed by atoms with Crippen LogP contribution in [0.1, 0.15) is 11.3 Å². The molecule has 0 saturated heterocycles. The summed E-state index contributed by atoms with van der Waals surface area (Å²) >= 11 is 0. The standard InChI is InChI=1S/C17H26N2O4/c1-12-13(2)19(16-6-4-3-5-15(12)16)8-14(23)7-18-17(9-20,10-21)11-22/h3-6,14,18,20-23H,7-11H2,1-2H3/p+1/t14-/m1/s1. The number of hydrogen-bond acceptors (Lipinski definition) is 4. The molecule has 0 amide bonds. The van der Waals surface area contributed by atoms with Crippen molar-refractivity contribution in [3.05, 3.63) is 35.5 Å². The molecule has 2 aromatic rings. The van der Waals surface area contributed by atoms with Crippen LogP contribution in [0.15, 0.2) is 24.3 Å². The molecule has 0 bridgehead atoms. The molecular weight excluding hydrogens is 296 g/mol. The van der Waals surface area contributed by atoms with Crippen LogP contribution in [0, 0.1) is 13.8 Å². The zero-order valence-corrected chi connectivity index (χ0v) is 13.7. The topological polar surface area (TPSA) is 102 Å². The van der Waals surface area contributed by atoms with Gasteiger partial charge in [-0.25, -0.2) is 0 Å². The number of fused-ring (bicyclic) bond motifs is 1. The summed E-state index contributed by atoms with van der Waals surface area (Å²) in [5, 5.41) is 41.1. The van der Waals surface area contributed by atoms with Gasteiger partial charge in [0.2, 0.25) is 0 Å². The molecule has 0 unspecified atom stereocenters. The van der Waals surface area contributed by atoms with E-state index in [1.54, 1.807) is 5.32 Å². The van der Waals surface area contributed by atoms with Gasteiger partial charge < -0.3 is 30.3 Å². The number of para-hydroxylation sites is 1. The molecule has 0 saturated carbocycles. The SMILES string of the molecule is Cc1c(C)n(C[C@H](O)C[NH2+]C(CO)(CO)CO)c2ccccc12. The number of rotatable bonds is 8. The van der Waals surface area contributed by atoms with E-state index in [1.807, 2.05) is 25.1 Å². The summed E-state index contributed by atoms with van der Waals surface area (Å²) in [6, 6.07) is 8.08. The maximum Gasteiger partial charge on any atom is 0.166 e. The molecular formula is C17H27N2O4+. The zero-order valence-electron chi connectivity index (χ0n) is 13.7. The maximum absolute atomic E-state index is 10.3. The number of aromatic nitrogens is 1. The summed E-state index contributed by atoms with van der Waals surface area (Å²) in [5.41, 5.74) is 2.35. The van der Waals surface area contributed by atoms with Crippen molar-refractivity contribution < 1.29 is 25.7 Å². The molecule has 6 heteroatoms. The molecule has 1 aromatic carbocycles. The van der Waals surface area contributed by atoms with E-state index in [0.717, 1.165) is 11.2 Å². The summed E-state index contributed by atoms with van der Waals surface area (Å²) in [7, 11) is 0. The number of aliphatic hydroxyl groups excluding tert-OH is 4. The molecule has 6 N–H and O–H groups in total. The van der Waals surface area contributed by atoms with Gasteiger partial charge in [0.1, 0.15) is 32.5 Å². The van der Waals surface area contributed by atoms with E-state index in [1.165, 1.54) is 10.9 Å². The molecule has 0 aliphatic heterocycles. The predicted molar refractivity (Wildman–Crippen MR) is 88.2 cm³/mol. The molecule has 0 radical (unpaired) electrons. The Hall–Kier alpha value is -1.44. The van der Waals surface area contributed by atoms with Gasteiger partial charge in [0.15, 0.2) is 5.54 Å². The molecule has 1 heterocycles. The Balaban J connectivity index is 2.12. The van der Waals surface area contributed by atoms with E-state index in [0.29, 0.717) is 6.54 Å². The first-order valence-corrected chi connectivity index (χ1v) is 7.87. The van der Waals surface area contributed by atoms with Crippen molar-refractivity contribution in [2.45, 2.75) is 32.0 Å². The number of aliphatic hydroxyl groups is 4. The van der Waals surface area contributed by atoms with Crippen molar-refractivity contribution in [1.82, 2.24) is 4.57 Å². The Bertz CT molecular complexity index is 641. The van der Waals surface area contributed by atoms with Crippen molar-refractivity contribution in [1.29, 1.82) is 0 Å². The van der Waals surface area contributed by atoms with Crippen molar-refractivity contribution in [3.63, 3.8) is 0 Å². The zero-order chi connectivity index (χ0) is 17.0. The maximum atomic E-state index is 10.3. The number of hydrogen-bond donors (Lipinski definition) is 5. The van der Waals surface area contributed by atoms with Crippen molar-refractivity contribution >= 4 is 10.9 Å². The minimum atomic E-state index is -1.05. The van der Waals surface area contributed by atoms with Crippen molar-refractivity contribution in [3.8, 4) is 0 Å². The molecule has 0 fully saturated rings. The number of nitrogens with zero attached hydrogens (tertiary/aromatic N) is 1. The van der Waals surface area contributed by atoms with E-state index >= 15 is 0 Å². The van der Waals surface area contributed by atoms with Gasteiger partial charge >= 0.3 is 0 Å². The van der Waals surface area contributed by atoms with Crippen LogP contribution in [0.3, 0.4) is 0 Å². The van der Waals surface area contributed by atoms with Gasteiger partial charge in [-0.05, 0) is 25.5 Å². The van der Waals surface area contributed by atoms with E-state index in [2.05, 4.69) is 17.6 Å². The van der Waals surface area contributed by atoms with Crippen molar-refractivity contribution in [2.75, 3.05) is 26.4 Å². The summed E-state index contributed by atoms with van der Waals surface area (Å²) < 4.78 is 2.09. The molecule has 23 heavy (non-hydrogen) atoms. The molecule has 0 aliphatic rings. The molecule has 0 spiro atoms. The van der Waals surface area contributed by atoms with Crippen LogP contribution in [-0.4, -0.2) is 63.0 Å². The first-order valence-electron chi connectivity index (χ1n) is 7.87. The third-order valence-electron chi connectivity index (χ3n) is 4.71. The van der Waals surface area contributed by atoms with E-state index < -0.39 is 11.6 Å². The van der Waals surface area contributed by atoms with Gasteiger partial charge in [-0.15, -0.1) is 0 Å². The van der Waals surface area contributed by atoms with Crippen LogP contribution >= 0.6 is 0 Å². The molecule has 128 valence electrons. The Kier molecular flexibility index (Phi) is 5.78. The lowest BCUT2D eigenvalue weighted by molar-refractivity contribution is -0.737. The summed E-state index contributed by atoms with van der Waals surface area (Å²) in [4.78, 5) is 0. The molecule has 6 nitrogen and oxygen atoms in total. The van der Waals surface area contributed by atoms with E-state index in [9.17, 15) is 20.4 Å².